The van der Waals surface area contributed by atoms with Gasteiger partial charge in [-0.25, -0.2) is 4.98 Å². The molecule has 4 aromatic rings. The SMILES string of the molecule is COc1cc(-n2cc(-c3ccc(Cl)c(Cl)c3)nc2SCc2ccccc2)cc(OC)c1OC. The highest BCUT2D eigenvalue weighted by Gasteiger charge is 2.18. The first-order valence-corrected chi connectivity index (χ1v) is 11.8. The number of benzene rings is 3. The maximum atomic E-state index is 6.26. The summed E-state index contributed by atoms with van der Waals surface area (Å²) in [5, 5.41) is 1.80. The Morgan fingerprint density at radius 3 is 2.15 bits per heavy atom. The normalized spacial score (nSPS) is 10.8. The van der Waals surface area contributed by atoms with Gasteiger partial charge in [0.25, 0.3) is 0 Å². The lowest BCUT2D eigenvalue weighted by atomic mass is 10.2. The van der Waals surface area contributed by atoms with E-state index in [1.807, 2.05) is 53.2 Å². The number of nitrogens with zero attached hydrogens (tertiary/aromatic N) is 2. The number of thioether (sulfide) groups is 1. The maximum absolute atomic E-state index is 6.26. The fourth-order valence-corrected chi connectivity index (χ4v) is 4.62. The molecule has 0 aliphatic rings. The Morgan fingerprint density at radius 1 is 0.848 bits per heavy atom. The van der Waals surface area contributed by atoms with E-state index in [1.165, 1.54) is 5.56 Å². The van der Waals surface area contributed by atoms with Crippen molar-refractivity contribution in [3.05, 3.63) is 82.5 Å². The first kappa shape index (κ1) is 23.4. The van der Waals surface area contributed by atoms with E-state index >= 15 is 0 Å². The van der Waals surface area contributed by atoms with Gasteiger partial charge in [-0.3, -0.25) is 4.57 Å². The van der Waals surface area contributed by atoms with E-state index in [4.69, 9.17) is 42.4 Å². The van der Waals surface area contributed by atoms with Gasteiger partial charge in [0.05, 0.1) is 42.8 Å². The molecule has 0 unspecified atom stereocenters. The summed E-state index contributed by atoms with van der Waals surface area (Å²) >= 11 is 14.0. The molecule has 0 N–H and O–H groups in total. The zero-order valence-corrected chi connectivity index (χ0v) is 20.7. The Kier molecular flexibility index (Phi) is 7.38. The average molecular weight is 501 g/mol. The van der Waals surface area contributed by atoms with Gasteiger partial charge in [0.15, 0.2) is 16.7 Å². The van der Waals surface area contributed by atoms with Crippen LogP contribution in [0.5, 0.6) is 17.2 Å². The highest BCUT2D eigenvalue weighted by atomic mass is 35.5. The first-order chi connectivity index (χ1) is 16.0. The third-order valence-corrected chi connectivity index (χ3v) is 6.79. The molecular weight excluding hydrogens is 479 g/mol. The van der Waals surface area contributed by atoms with Crippen LogP contribution >= 0.6 is 35.0 Å². The second kappa shape index (κ2) is 10.4. The summed E-state index contributed by atoms with van der Waals surface area (Å²) in [4.78, 5) is 4.91. The van der Waals surface area contributed by atoms with Crippen molar-refractivity contribution in [1.29, 1.82) is 0 Å². The monoisotopic (exact) mass is 500 g/mol. The van der Waals surface area contributed by atoms with Crippen LogP contribution in [-0.4, -0.2) is 30.9 Å². The molecule has 0 saturated heterocycles. The second-order valence-electron chi connectivity index (χ2n) is 7.07. The van der Waals surface area contributed by atoms with Crippen LogP contribution in [0.25, 0.3) is 16.9 Å². The summed E-state index contributed by atoms with van der Waals surface area (Å²) < 4.78 is 18.6. The molecule has 3 aromatic carbocycles. The Morgan fingerprint density at radius 2 is 1.55 bits per heavy atom. The quantitative estimate of drug-likeness (QED) is 0.240. The van der Waals surface area contributed by atoms with Gasteiger partial charge in [0.1, 0.15) is 0 Å². The third kappa shape index (κ3) is 5.08. The molecule has 4 rings (SSSR count). The van der Waals surface area contributed by atoms with Crippen LogP contribution in [-0.2, 0) is 5.75 Å². The Hall–Kier alpha value is -2.80. The first-order valence-electron chi connectivity index (χ1n) is 10.1. The molecule has 0 radical (unpaired) electrons. The number of rotatable bonds is 8. The topological polar surface area (TPSA) is 45.5 Å². The second-order valence-corrected chi connectivity index (χ2v) is 8.82. The lowest BCUT2D eigenvalue weighted by Gasteiger charge is -2.15. The summed E-state index contributed by atoms with van der Waals surface area (Å²) in [6.07, 6.45) is 1.97. The maximum Gasteiger partial charge on any atom is 0.203 e. The van der Waals surface area contributed by atoms with Crippen LogP contribution in [0.3, 0.4) is 0 Å². The molecule has 0 fully saturated rings. The minimum atomic E-state index is 0.481. The molecule has 170 valence electrons. The summed E-state index contributed by atoms with van der Waals surface area (Å²) in [5.41, 5.74) is 3.69. The van der Waals surface area contributed by atoms with Gasteiger partial charge in [-0.15, -0.1) is 0 Å². The molecule has 0 amide bonds. The van der Waals surface area contributed by atoms with Gasteiger partial charge in [0, 0.05) is 29.6 Å². The summed E-state index contributed by atoms with van der Waals surface area (Å²) in [6, 6.07) is 19.5. The molecule has 5 nitrogen and oxygen atoms in total. The zero-order valence-electron chi connectivity index (χ0n) is 18.3. The van der Waals surface area contributed by atoms with E-state index in [2.05, 4.69) is 12.1 Å². The van der Waals surface area contributed by atoms with Gasteiger partial charge in [0.2, 0.25) is 5.75 Å². The third-order valence-electron chi connectivity index (χ3n) is 5.03. The van der Waals surface area contributed by atoms with Crippen LogP contribution < -0.4 is 14.2 Å². The number of imidazole rings is 1. The molecule has 0 saturated carbocycles. The molecule has 0 bridgehead atoms. The van der Waals surface area contributed by atoms with E-state index in [-0.39, 0.29) is 0 Å². The van der Waals surface area contributed by atoms with Crippen molar-refractivity contribution in [2.75, 3.05) is 21.3 Å². The number of methoxy groups -OCH3 is 3. The average Bonchev–Trinajstić information content (AvgIpc) is 3.28. The molecule has 0 spiro atoms. The summed E-state index contributed by atoms with van der Waals surface area (Å²) in [7, 11) is 4.78. The highest BCUT2D eigenvalue weighted by Crippen LogP contribution is 2.41. The minimum Gasteiger partial charge on any atom is -0.493 e. The van der Waals surface area contributed by atoms with E-state index in [0.29, 0.717) is 27.3 Å². The van der Waals surface area contributed by atoms with Gasteiger partial charge in [-0.1, -0.05) is 71.4 Å². The van der Waals surface area contributed by atoms with Crippen molar-refractivity contribution in [1.82, 2.24) is 9.55 Å². The van der Waals surface area contributed by atoms with Crippen LogP contribution in [0, 0.1) is 0 Å². The van der Waals surface area contributed by atoms with Crippen molar-refractivity contribution in [2.45, 2.75) is 10.9 Å². The fraction of sp³-hybridized carbons (Fsp3) is 0.160. The zero-order chi connectivity index (χ0) is 23.4. The fourth-order valence-electron chi connectivity index (χ4n) is 3.37. The molecule has 0 atom stereocenters. The van der Waals surface area contributed by atoms with Gasteiger partial charge in [-0.05, 0) is 17.7 Å². The van der Waals surface area contributed by atoms with Crippen molar-refractivity contribution < 1.29 is 14.2 Å². The van der Waals surface area contributed by atoms with Crippen LogP contribution in [0.4, 0.5) is 0 Å². The number of ether oxygens (including phenoxy) is 3. The van der Waals surface area contributed by atoms with Crippen LogP contribution in [0.15, 0.2) is 72.0 Å². The molecule has 8 heteroatoms. The number of hydrogen-bond donors (Lipinski definition) is 0. The molecule has 0 aliphatic carbocycles. The van der Waals surface area contributed by atoms with E-state index < -0.39 is 0 Å². The molecule has 0 aliphatic heterocycles. The molecule has 1 aromatic heterocycles. The Bertz CT molecular complexity index is 1240. The van der Waals surface area contributed by atoms with Crippen molar-refractivity contribution in [2.24, 2.45) is 0 Å². The largest absolute Gasteiger partial charge is 0.493 e. The van der Waals surface area contributed by atoms with E-state index in [9.17, 15) is 0 Å². The Balaban J connectivity index is 1.81. The van der Waals surface area contributed by atoms with Crippen LogP contribution in [0.1, 0.15) is 5.56 Å². The standard InChI is InChI=1S/C25H22Cl2N2O3S/c1-30-22-12-18(13-23(31-2)24(22)32-3)29-14-21(17-9-10-19(26)20(27)11-17)28-25(29)33-15-16-7-5-4-6-8-16/h4-14H,15H2,1-3H3. The van der Waals surface area contributed by atoms with Gasteiger partial charge >= 0.3 is 0 Å². The smallest absolute Gasteiger partial charge is 0.203 e. The lowest BCUT2D eigenvalue weighted by molar-refractivity contribution is 0.324. The van der Waals surface area contributed by atoms with E-state index in [1.54, 1.807) is 39.2 Å². The van der Waals surface area contributed by atoms with Gasteiger partial charge in [-0.2, -0.15) is 0 Å². The molecule has 1 heterocycles. The van der Waals surface area contributed by atoms with Crippen molar-refractivity contribution >= 4 is 35.0 Å². The highest BCUT2D eigenvalue weighted by molar-refractivity contribution is 7.98. The van der Waals surface area contributed by atoms with Gasteiger partial charge < -0.3 is 14.2 Å². The molecular formula is C25H22Cl2N2O3S. The summed E-state index contributed by atoms with van der Waals surface area (Å²) in [6.45, 7) is 0. The Labute approximate surface area is 207 Å². The summed E-state index contributed by atoms with van der Waals surface area (Å²) in [5.74, 6) is 2.43. The number of aromatic nitrogens is 2. The van der Waals surface area contributed by atoms with Crippen LogP contribution in [0.2, 0.25) is 10.0 Å². The number of hydrogen-bond acceptors (Lipinski definition) is 5. The minimum absolute atomic E-state index is 0.481. The predicted molar refractivity (Wildman–Crippen MR) is 135 cm³/mol. The van der Waals surface area contributed by atoms with Crippen molar-refractivity contribution in [3.63, 3.8) is 0 Å². The van der Waals surface area contributed by atoms with E-state index in [0.717, 1.165) is 27.9 Å². The molecule has 33 heavy (non-hydrogen) atoms. The van der Waals surface area contributed by atoms with Crippen molar-refractivity contribution in [3.8, 4) is 34.2 Å². The predicted octanol–water partition coefficient (Wildman–Crippen LogP) is 7.16. The number of halogens is 2. The lowest BCUT2D eigenvalue weighted by Crippen LogP contribution is -2.00.